The van der Waals surface area contributed by atoms with E-state index in [1.165, 1.54) is 43.2 Å². The number of likely N-dealkylation sites (tertiary alicyclic amines) is 1. The molecular weight excluding hydrogens is 393 g/mol. The van der Waals surface area contributed by atoms with Crippen LogP contribution in [-0.4, -0.2) is 52.4 Å². The van der Waals surface area contributed by atoms with Gasteiger partial charge in [-0.05, 0) is 62.6 Å². The van der Waals surface area contributed by atoms with Crippen LogP contribution >= 0.6 is 0 Å². The van der Waals surface area contributed by atoms with E-state index >= 15 is 0 Å². The van der Waals surface area contributed by atoms with E-state index in [4.69, 9.17) is 0 Å². The zero-order chi connectivity index (χ0) is 21.1. The van der Waals surface area contributed by atoms with Crippen LogP contribution in [-0.2, 0) is 0 Å². The monoisotopic (exact) mass is 421 g/mol. The highest BCUT2D eigenvalue weighted by Crippen LogP contribution is 2.45. The SMILES string of the molecule is O=C(c1c[nH]c2c(F)cccc2c1=O)N1CCCC2=C[C@H]3C[C@@H](CN4CCCC[C@H]34)[C@@H]21. The Balaban J connectivity index is 1.37. The van der Waals surface area contributed by atoms with Crippen LogP contribution in [0.15, 0.2) is 40.8 Å². The third kappa shape index (κ3) is 2.99. The van der Waals surface area contributed by atoms with Gasteiger partial charge < -0.3 is 9.88 Å². The van der Waals surface area contributed by atoms with Crippen LogP contribution < -0.4 is 5.43 Å². The van der Waals surface area contributed by atoms with E-state index < -0.39 is 5.82 Å². The first-order chi connectivity index (χ1) is 15.1. The Morgan fingerprint density at radius 2 is 2.06 bits per heavy atom. The number of fused-ring (bicyclic) bond motifs is 7. The van der Waals surface area contributed by atoms with Crippen molar-refractivity contribution in [1.82, 2.24) is 14.8 Å². The predicted octanol–water partition coefficient (Wildman–Crippen LogP) is 3.70. The standard InChI is InChI=1S/C25H28FN3O2/c26-20-7-3-6-18-22(20)27-13-19(24(18)30)25(31)29-10-4-5-15-11-16-12-17(23(15)29)14-28-9-2-1-8-21(16)28/h3,6-7,11,13,16-17,21,23H,1-2,4-5,8-10,12,14H2,(H,27,30)/t16-,17-,21+,23+/m0/s1. The molecule has 6 rings (SSSR count). The van der Waals surface area contributed by atoms with Gasteiger partial charge in [0.1, 0.15) is 11.4 Å². The Morgan fingerprint density at radius 3 is 2.97 bits per heavy atom. The van der Waals surface area contributed by atoms with Crippen LogP contribution in [0, 0.1) is 17.7 Å². The van der Waals surface area contributed by atoms with Crippen molar-refractivity contribution in [2.75, 3.05) is 19.6 Å². The smallest absolute Gasteiger partial charge is 0.259 e. The molecule has 0 radical (unpaired) electrons. The average Bonchev–Trinajstić information content (AvgIpc) is 2.79. The van der Waals surface area contributed by atoms with E-state index in [9.17, 15) is 14.0 Å². The van der Waals surface area contributed by atoms with Gasteiger partial charge in [0.2, 0.25) is 5.43 Å². The highest BCUT2D eigenvalue weighted by atomic mass is 19.1. The fourth-order valence-corrected chi connectivity index (χ4v) is 6.73. The normalized spacial score (nSPS) is 30.5. The van der Waals surface area contributed by atoms with Crippen LogP contribution in [0.4, 0.5) is 4.39 Å². The molecule has 3 aliphatic heterocycles. The maximum absolute atomic E-state index is 14.1. The third-order valence-corrected chi connectivity index (χ3v) is 8.01. The number of H-pyrrole nitrogens is 1. The lowest BCUT2D eigenvalue weighted by Gasteiger charge is -2.54. The van der Waals surface area contributed by atoms with E-state index in [-0.39, 0.29) is 33.8 Å². The Bertz CT molecular complexity index is 1140. The summed E-state index contributed by atoms with van der Waals surface area (Å²) < 4.78 is 14.1. The zero-order valence-electron chi connectivity index (χ0n) is 17.6. The molecule has 4 heterocycles. The first-order valence-corrected chi connectivity index (χ1v) is 11.7. The van der Waals surface area contributed by atoms with Gasteiger partial charge in [0.05, 0.1) is 11.6 Å². The number of nitrogens with one attached hydrogen (secondary N) is 1. The summed E-state index contributed by atoms with van der Waals surface area (Å²) in [7, 11) is 0. The predicted molar refractivity (Wildman–Crippen MR) is 117 cm³/mol. The number of aromatic amines is 1. The topological polar surface area (TPSA) is 56.4 Å². The summed E-state index contributed by atoms with van der Waals surface area (Å²) in [6.07, 6.45) is 10.9. The van der Waals surface area contributed by atoms with E-state index in [1.54, 1.807) is 6.07 Å². The first kappa shape index (κ1) is 19.2. The molecule has 2 aromatic rings. The number of carbonyl (C=O) groups is 1. The van der Waals surface area contributed by atoms with Gasteiger partial charge in [0, 0.05) is 30.7 Å². The number of aromatic nitrogens is 1. The van der Waals surface area contributed by atoms with Crippen LogP contribution in [0.25, 0.3) is 10.9 Å². The molecule has 1 aliphatic carbocycles. The van der Waals surface area contributed by atoms with Crippen molar-refractivity contribution in [2.45, 2.75) is 50.6 Å². The van der Waals surface area contributed by atoms with Crippen molar-refractivity contribution < 1.29 is 9.18 Å². The molecule has 1 aromatic heterocycles. The van der Waals surface area contributed by atoms with E-state index in [2.05, 4.69) is 16.0 Å². The molecular formula is C25H28FN3O2. The number of benzene rings is 1. The molecule has 0 saturated carbocycles. The number of pyridine rings is 1. The van der Waals surface area contributed by atoms with E-state index in [0.29, 0.717) is 24.4 Å². The second-order valence-corrected chi connectivity index (χ2v) is 9.70. The summed E-state index contributed by atoms with van der Waals surface area (Å²) >= 11 is 0. The van der Waals surface area contributed by atoms with Crippen molar-refractivity contribution in [3.63, 3.8) is 0 Å². The van der Waals surface area contributed by atoms with E-state index in [1.807, 2.05) is 4.90 Å². The molecule has 162 valence electrons. The Kier molecular flexibility index (Phi) is 4.53. The fourth-order valence-electron chi connectivity index (χ4n) is 6.73. The highest BCUT2D eigenvalue weighted by molar-refractivity contribution is 5.97. The first-order valence-electron chi connectivity index (χ1n) is 11.7. The van der Waals surface area contributed by atoms with Crippen LogP contribution in [0.5, 0.6) is 0 Å². The molecule has 2 bridgehead atoms. The minimum atomic E-state index is -0.478. The summed E-state index contributed by atoms with van der Waals surface area (Å²) in [5.41, 5.74) is 1.29. The number of rotatable bonds is 1. The maximum Gasteiger partial charge on any atom is 0.259 e. The van der Waals surface area contributed by atoms with Crippen molar-refractivity contribution in [3.05, 3.63) is 57.6 Å². The molecule has 3 saturated heterocycles. The molecule has 0 spiro atoms. The summed E-state index contributed by atoms with van der Waals surface area (Å²) in [5, 5.41) is 0.233. The number of piperidine rings is 3. The van der Waals surface area contributed by atoms with Crippen molar-refractivity contribution >= 4 is 16.8 Å². The van der Waals surface area contributed by atoms with Crippen molar-refractivity contribution in [1.29, 1.82) is 0 Å². The maximum atomic E-state index is 14.1. The highest BCUT2D eigenvalue weighted by Gasteiger charge is 2.47. The second kappa shape index (κ2) is 7.30. The summed E-state index contributed by atoms with van der Waals surface area (Å²) in [6, 6.07) is 5.17. The lowest BCUT2D eigenvalue weighted by molar-refractivity contribution is 0.00143. The van der Waals surface area contributed by atoms with Gasteiger partial charge in [0.25, 0.3) is 5.91 Å². The molecule has 5 nitrogen and oxygen atoms in total. The number of hydrogen-bond acceptors (Lipinski definition) is 3. The number of carbonyl (C=O) groups excluding carboxylic acids is 1. The van der Waals surface area contributed by atoms with Crippen LogP contribution in [0.1, 0.15) is 48.9 Å². The molecule has 6 heteroatoms. The van der Waals surface area contributed by atoms with Gasteiger partial charge in [-0.25, -0.2) is 4.39 Å². The number of nitrogens with zero attached hydrogens (tertiary/aromatic N) is 2. The van der Waals surface area contributed by atoms with Gasteiger partial charge in [-0.2, -0.15) is 0 Å². The van der Waals surface area contributed by atoms with E-state index in [0.717, 1.165) is 32.4 Å². The van der Waals surface area contributed by atoms with Gasteiger partial charge in [-0.15, -0.1) is 0 Å². The lowest BCUT2D eigenvalue weighted by atomic mass is 9.68. The summed E-state index contributed by atoms with van der Waals surface area (Å²) in [4.78, 5) is 34.1. The summed E-state index contributed by atoms with van der Waals surface area (Å²) in [5.74, 6) is 0.337. The minimum absolute atomic E-state index is 0.0861. The Morgan fingerprint density at radius 1 is 1.16 bits per heavy atom. The van der Waals surface area contributed by atoms with Gasteiger partial charge in [0.15, 0.2) is 0 Å². The van der Waals surface area contributed by atoms with Gasteiger partial charge >= 0.3 is 0 Å². The molecule has 1 N–H and O–H groups in total. The quantitative estimate of drug-likeness (QED) is 0.715. The van der Waals surface area contributed by atoms with Gasteiger partial charge in [-0.3, -0.25) is 14.5 Å². The largest absolute Gasteiger partial charge is 0.358 e. The molecule has 4 atom stereocenters. The molecule has 0 unspecified atom stereocenters. The molecule has 3 fully saturated rings. The second-order valence-electron chi connectivity index (χ2n) is 9.70. The number of hydrogen-bond donors (Lipinski definition) is 1. The number of para-hydroxylation sites is 1. The molecule has 1 aromatic carbocycles. The third-order valence-electron chi connectivity index (χ3n) is 8.01. The van der Waals surface area contributed by atoms with Crippen molar-refractivity contribution in [2.24, 2.45) is 11.8 Å². The zero-order valence-corrected chi connectivity index (χ0v) is 17.6. The Labute approximate surface area is 180 Å². The molecule has 4 aliphatic rings. The fraction of sp³-hybridized carbons (Fsp3) is 0.520. The van der Waals surface area contributed by atoms with Crippen molar-refractivity contribution in [3.8, 4) is 0 Å². The summed E-state index contributed by atoms with van der Waals surface area (Å²) in [6.45, 7) is 2.88. The molecule has 1 amide bonds. The average molecular weight is 422 g/mol. The molecule has 31 heavy (non-hydrogen) atoms. The lowest BCUT2D eigenvalue weighted by Crippen LogP contribution is -2.60. The van der Waals surface area contributed by atoms with Crippen LogP contribution in [0.2, 0.25) is 0 Å². The minimum Gasteiger partial charge on any atom is -0.358 e. The van der Waals surface area contributed by atoms with Crippen LogP contribution in [0.3, 0.4) is 0 Å². The van der Waals surface area contributed by atoms with Gasteiger partial charge in [-0.1, -0.05) is 24.1 Å². The number of amides is 1. The number of halogens is 1. The Hall–Kier alpha value is -2.47.